The molecule has 0 radical (unpaired) electrons. The largest absolute Gasteiger partial charge is 0.457 e. The Kier molecular flexibility index (Phi) is 6.09. The monoisotopic (exact) mass is 436 g/mol. The second kappa shape index (κ2) is 8.56. The molecule has 6 nitrogen and oxygen atoms in total. The topological polar surface area (TPSA) is 84.5 Å². The SMILES string of the molecule is O=C(NNS(=O)(=O)c1ccccc1C(F)(F)F)c1ccc(Oc2ccccc2)cc1. The first kappa shape index (κ1) is 21.3. The van der Waals surface area contributed by atoms with Crippen molar-refractivity contribution in [3.8, 4) is 11.5 Å². The van der Waals surface area contributed by atoms with Gasteiger partial charge in [0, 0.05) is 5.56 Å². The van der Waals surface area contributed by atoms with E-state index in [1.165, 1.54) is 24.3 Å². The molecule has 0 aromatic heterocycles. The van der Waals surface area contributed by atoms with E-state index in [1.807, 2.05) is 11.5 Å². The Morgan fingerprint density at radius 3 is 2.00 bits per heavy atom. The summed E-state index contributed by atoms with van der Waals surface area (Å²) >= 11 is 0. The number of benzene rings is 3. The van der Waals surface area contributed by atoms with Crippen molar-refractivity contribution in [2.24, 2.45) is 0 Å². The Bertz CT molecular complexity index is 1130. The average Bonchev–Trinajstić information content (AvgIpc) is 2.73. The third kappa shape index (κ3) is 5.16. The molecule has 3 rings (SSSR count). The Balaban J connectivity index is 1.68. The molecule has 3 aromatic rings. The van der Waals surface area contributed by atoms with Crippen molar-refractivity contribution in [2.75, 3.05) is 0 Å². The number of hydrogen-bond acceptors (Lipinski definition) is 4. The first-order valence-corrected chi connectivity index (χ1v) is 9.96. The maximum Gasteiger partial charge on any atom is 0.417 e. The zero-order chi connectivity index (χ0) is 21.8. The predicted octanol–water partition coefficient (Wildman–Crippen LogP) is 4.12. The summed E-state index contributed by atoms with van der Waals surface area (Å²) < 4.78 is 69.2. The number of carbonyl (C=O) groups is 1. The summed E-state index contributed by atoms with van der Waals surface area (Å²) in [4.78, 5) is 12.9. The number of hydrogen-bond donors (Lipinski definition) is 2. The minimum absolute atomic E-state index is 0.0715. The van der Waals surface area contributed by atoms with E-state index in [9.17, 15) is 26.4 Å². The van der Waals surface area contributed by atoms with Gasteiger partial charge in [0.05, 0.1) is 10.5 Å². The van der Waals surface area contributed by atoms with Crippen LogP contribution in [0.25, 0.3) is 0 Å². The number of nitrogens with one attached hydrogen (secondary N) is 2. The molecule has 0 fully saturated rings. The molecule has 0 spiro atoms. The fourth-order valence-electron chi connectivity index (χ4n) is 2.47. The van der Waals surface area contributed by atoms with E-state index in [0.29, 0.717) is 17.6 Å². The maximum absolute atomic E-state index is 13.0. The quantitative estimate of drug-likeness (QED) is 0.570. The zero-order valence-electron chi connectivity index (χ0n) is 15.2. The van der Waals surface area contributed by atoms with Crippen LogP contribution in [0.2, 0.25) is 0 Å². The van der Waals surface area contributed by atoms with Crippen LogP contribution >= 0.6 is 0 Å². The number of sulfonamides is 1. The fraction of sp³-hybridized carbons (Fsp3) is 0.0500. The minimum atomic E-state index is -4.87. The van der Waals surface area contributed by atoms with E-state index >= 15 is 0 Å². The van der Waals surface area contributed by atoms with Gasteiger partial charge >= 0.3 is 6.18 Å². The predicted molar refractivity (Wildman–Crippen MR) is 102 cm³/mol. The highest BCUT2D eigenvalue weighted by atomic mass is 32.2. The first-order valence-electron chi connectivity index (χ1n) is 8.48. The maximum atomic E-state index is 13.0. The number of ether oxygens (including phenoxy) is 1. The van der Waals surface area contributed by atoms with Gasteiger partial charge in [-0.25, -0.2) is 8.42 Å². The van der Waals surface area contributed by atoms with E-state index in [-0.39, 0.29) is 5.56 Å². The normalized spacial score (nSPS) is 11.7. The lowest BCUT2D eigenvalue weighted by Gasteiger charge is -2.14. The van der Waals surface area contributed by atoms with Crippen molar-refractivity contribution >= 4 is 15.9 Å². The van der Waals surface area contributed by atoms with Gasteiger partial charge in [-0.3, -0.25) is 10.2 Å². The van der Waals surface area contributed by atoms with Crippen LogP contribution in [0.15, 0.2) is 83.8 Å². The third-order valence-electron chi connectivity index (χ3n) is 3.88. The van der Waals surface area contributed by atoms with Gasteiger partial charge in [-0.05, 0) is 48.5 Å². The van der Waals surface area contributed by atoms with Gasteiger partial charge < -0.3 is 4.74 Å². The van der Waals surface area contributed by atoms with Crippen molar-refractivity contribution in [2.45, 2.75) is 11.1 Å². The van der Waals surface area contributed by atoms with Gasteiger partial charge in [-0.15, -0.1) is 4.83 Å². The molecule has 0 heterocycles. The Morgan fingerprint density at radius 1 is 0.800 bits per heavy atom. The van der Waals surface area contributed by atoms with Crippen LogP contribution in [0.5, 0.6) is 11.5 Å². The van der Waals surface area contributed by atoms with Crippen LogP contribution in [0.3, 0.4) is 0 Å². The lowest BCUT2D eigenvalue weighted by atomic mass is 10.2. The molecule has 0 saturated heterocycles. The van der Waals surface area contributed by atoms with Crippen LogP contribution in [0, 0.1) is 0 Å². The van der Waals surface area contributed by atoms with Gasteiger partial charge in [-0.1, -0.05) is 30.3 Å². The molecule has 1 amide bonds. The van der Waals surface area contributed by atoms with Crippen molar-refractivity contribution < 1.29 is 31.1 Å². The highest BCUT2D eigenvalue weighted by Crippen LogP contribution is 2.33. The molecular formula is C20H15F3N2O4S. The lowest BCUT2D eigenvalue weighted by molar-refractivity contribution is -0.139. The molecule has 0 aliphatic rings. The Labute approximate surface area is 170 Å². The summed E-state index contributed by atoms with van der Waals surface area (Å²) in [7, 11) is -4.65. The first-order chi connectivity index (χ1) is 14.2. The number of amides is 1. The molecule has 0 saturated carbocycles. The van der Waals surface area contributed by atoms with Crippen molar-refractivity contribution in [3.63, 3.8) is 0 Å². The zero-order valence-corrected chi connectivity index (χ0v) is 16.0. The number of para-hydroxylation sites is 1. The molecule has 30 heavy (non-hydrogen) atoms. The van der Waals surface area contributed by atoms with E-state index < -0.39 is 32.6 Å². The van der Waals surface area contributed by atoms with Crippen LogP contribution in [-0.2, 0) is 16.2 Å². The van der Waals surface area contributed by atoms with Gasteiger partial charge in [0.25, 0.3) is 15.9 Å². The Hall–Kier alpha value is -3.37. The molecular weight excluding hydrogens is 421 g/mol. The number of carbonyl (C=O) groups excluding carboxylic acids is 1. The molecule has 2 N–H and O–H groups in total. The van der Waals surface area contributed by atoms with E-state index in [1.54, 1.807) is 29.1 Å². The van der Waals surface area contributed by atoms with Gasteiger partial charge in [0.2, 0.25) is 0 Å². The molecule has 10 heteroatoms. The molecule has 0 aliphatic heterocycles. The third-order valence-corrected chi connectivity index (χ3v) is 5.18. The van der Waals surface area contributed by atoms with E-state index in [0.717, 1.165) is 18.2 Å². The van der Waals surface area contributed by atoms with Gasteiger partial charge in [-0.2, -0.15) is 13.2 Å². The standard InChI is InChI=1S/C20H15F3N2O4S/c21-20(22,23)17-8-4-5-9-18(17)30(27,28)25-24-19(26)14-10-12-16(13-11-14)29-15-6-2-1-3-7-15/h1-13,25H,(H,24,26). The summed E-state index contributed by atoms with van der Waals surface area (Å²) in [6.07, 6.45) is -4.87. The lowest BCUT2D eigenvalue weighted by Crippen LogP contribution is -2.42. The van der Waals surface area contributed by atoms with Crippen LogP contribution in [-0.4, -0.2) is 14.3 Å². The second-order valence-corrected chi connectivity index (χ2v) is 7.64. The number of alkyl halides is 3. The van der Waals surface area contributed by atoms with E-state index in [2.05, 4.69) is 0 Å². The summed E-state index contributed by atoms with van der Waals surface area (Å²) in [5.41, 5.74) is 0.633. The van der Waals surface area contributed by atoms with Crippen LogP contribution in [0.1, 0.15) is 15.9 Å². The van der Waals surface area contributed by atoms with Crippen LogP contribution in [0.4, 0.5) is 13.2 Å². The second-order valence-electron chi connectivity index (χ2n) is 5.99. The molecule has 0 atom stereocenters. The van der Waals surface area contributed by atoms with Gasteiger partial charge in [0.1, 0.15) is 11.5 Å². The number of rotatable bonds is 6. The average molecular weight is 436 g/mol. The molecule has 156 valence electrons. The summed E-state index contributed by atoms with van der Waals surface area (Å²) in [6, 6.07) is 18.3. The molecule has 0 unspecified atom stereocenters. The summed E-state index contributed by atoms with van der Waals surface area (Å²) in [5, 5.41) is 0. The molecule has 0 aliphatic carbocycles. The van der Waals surface area contributed by atoms with Gasteiger partial charge in [0.15, 0.2) is 0 Å². The van der Waals surface area contributed by atoms with Crippen LogP contribution < -0.4 is 15.0 Å². The fourth-order valence-corrected chi connectivity index (χ4v) is 3.54. The smallest absolute Gasteiger partial charge is 0.417 e. The number of hydrazine groups is 1. The van der Waals surface area contributed by atoms with Crippen molar-refractivity contribution in [1.29, 1.82) is 0 Å². The summed E-state index contributed by atoms with van der Waals surface area (Å²) in [5.74, 6) is 0.178. The van der Waals surface area contributed by atoms with Crippen molar-refractivity contribution in [1.82, 2.24) is 10.3 Å². The molecule has 3 aromatic carbocycles. The molecule has 0 bridgehead atoms. The summed E-state index contributed by atoms with van der Waals surface area (Å²) in [6.45, 7) is 0. The minimum Gasteiger partial charge on any atom is -0.457 e. The highest BCUT2D eigenvalue weighted by molar-refractivity contribution is 7.89. The number of halogens is 3. The van der Waals surface area contributed by atoms with E-state index in [4.69, 9.17) is 4.74 Å². The highest BCUT2D eigenvalue weighted by Gasteiger charge is 2.37. The Morgan fingerprint density at radius 2 is 1.37 bits per heavy atom. The van der Waals surface area contributed by atoms with Crippen molar-refractivity contribution in [3.05, 3.63) is 90.0 Å².